The van der Waals surface area contributed by atoms with Gasteiger partial charge in [0.15, 0.2) is 0 Å². The van der Waals surface area contributed by atoms with E-state index in [-0.39, 0.29) is 5.46 Å². The number of halogens is 1. The molecule has 1 aromatic carbocycles. The summed E-state index contributed by atoms with van der Waals surface area (Å²) >= 11 is 0. The lowest BCUT2D eigenvalue weighted by Crippen LogP contribution is -2.32. The molecule has 1 aliphatic carbocycles. The van der Waals surface area contributed by atoms with Crippen LogP contribution in [0.3, 0.4) is 0 Å². The van der Waals surface area contributed by atoms with Crippen LogP contribution in [0, 0.1) is 5.82 Å². The molecule has 0 unspecified atom stereocenters. The number of hydrogen-bond donors (Lipinski definition) is 2. The molecule has 1 fully saturated rings. The summed E-state index contributed by atoms with van der Waals surface area (Å²) in [4.78, 5) is 4.25. The predicted molar refractivity (Wildman–Crippen MR) is 71.6 cm³/mol. The van der Waals surface area contributed by atoms with Crippen molar-refractivity contribution < 1.29 is 14.4 Å². The summed E-state index contributed by atoms with van der Waals surface area (Å²) in [5, 5.41) is 18.2. The van der Waals surface area contributed by atoms with Crippen molar-refractivity contribution in [3.05, 3.63) is 24.3 Å². The van der Waals surface area contributed by atoms with E-state index < -0.39 is 12.9 Å². The van der Waals surface area contributed by atoms with Crippen LogP contribution in [0.5, 0.6) is 0 Å². The van der Waals surface area contributed by atoms with Crippen molar-refractivity contribution in [2.75, 3.05) is 0 Å². The van der Waals surface area contributed by atoms with Gasteiger partial charge in [-0.05, 0) is 25.0 Å². The maximum Gasteiger partial charge on any atom is 0.491 e. The summed E-state index contributed by atoms with van der Waals surface area (Å²) in [6.45, 7) is 0. The van der Waals surface area contributed by atoms with Gasteiger partial charge in [0.05, 0.1) is 17.4 Å². The van der Waals surface area contributed by atoms with Crippen LogP contribution in [0.15, 0.2) is 18.5 Å². The summed E-state index contributed by atoms with van der Waals surface area (Å²) in [5.74, 6) is -0.597. The third-order valence-corrected chi connectivity index (χ3v) is 3.94. The lowest BCUT2D eigenvalue weighted by atomic mass is 9.79. The quantitative estimate of drug-likeness (QED) is 0.803. The van der Waals surface area contributed by atoms with Crippen LogP contribution in [-0.4, -0.2) is 26.7 Å². The van der Waals surface area contributed by atoms with Gasteiger partial charge in [-0.1, -0.05) is 19.3 Å². The molecule has 0 atom stereocenters. The van der Waals surface area contributed by atoms with Crippen LogP contribution < -0.4 is 5.46 Å². The van der Waals surface area contributed by atoms with E-state index in [2.05, 4.69) is 4.98 Å². The zero-order valence-electron chi connectivity index (χ0n) is 10.6. The standard InChI is InChI=1S/C13H16BFN2O2/c15-11-7-13-12(6-10(11)14(18)19)16-8-17(13)9-4-2-1-3-5-9/h6-9,18-19H,1-5H2. The molecule has 0 spiro atoms. The molecular formula is C13H16BFN2O2. The highest BCUT2D eigenvalue weighted by Gasteiger charge is 2.21. The van der Waals surface area contributed by atoms with E-state index >= 15 is 0 Å². The van der Waals surface area contributed by atoms with Gasteiger partial charge in [-0.15, -0.1) is 0 Å². The number of fused-ring (bicyclic) bond motifs is 1. The van der Waals surface area contributed by atoms with E-state index in [0.717, 1.165) is 18.4 Å². The number of hydrogen-bond acceptors (Lipinski definition) is 3. The molecule has 0 saturated heterocycles. The summed E-state index contributed by atoms with van der Waals surface area (Å²) in [7, 11) is -1.80. The summed E-state index contributed by atoms with van der Waals surface area (Å²) in [5.41, 5.74) is 1.21. The minimum atomic E-state index is -1.80. The molecule has 1 saturated carbocycles. The topological polar surface area (TPSA) is 58.3 Å². The third kappa shape index (κ3) is 2.26. The smallest absolute Gasteiger partial charge is 0.423 e. The first-order valence-corrected chi connectivity index (χ1v) is 6.69. The lowest BCUT2D eigenvalue weighted by Gasteiger charge is -2.23. The molecule has 6 heteroatoms. The van der Waals surface area contributed by atoms with Gasteiger partial charge < -0.3 is 14.6 Å². The number of imidazole rings is 1. The first-order chi connectivity index (χ1) is 9.16. The van der Waals surface area contributed by atoms with E-state index in [4.69, 9.17) is 10.0 Å². The van der Waals surface area contributed by atoms with Crippen molar-refractivity contribution in [3.8, 4) is 0 Å². The van der Waals surface area contributed by atoms with Crippen LogP contribution >= 0.6 is 0 Å². The van der Waals surface area contributed by atoms with Crippen molar-refractivity contribution >= 4 is 23.6 Å². The average Bonchev–Trinajstić information content (AvgIpc) is 2.81. The van der Waals surface area contributed by atoms with Crippen LogP contribution in [0.2, 0.25) is 0 Å². The molecule has 0 radical (unpaired) electrons. The zero-order valence-corrected chi connectivity index (χ0v) is 10.6. The van der Waals surface area contributed by atoms with Crippen LogP contribution in [-0.2, 0) is 0 Å². The number of nitrogens with zero attached hydrogens (tertiary/aromatic N) is 2. The summed E-state index contributed by atoms with van der Waals surface area (Å²) < 4.78 is 15.9. The Bertz CT molecular complexity index is 594. The maximum absolute atomic E-state index is 13.8. The molecule has 2 aromatic rings. The third-order valence-electron chi connectivity index (χ3n) is 3.94. The average molecular weight is 262 g/mol. The van der Waals surface area contributed by atoms with Gasteiger partial charge in [-0.2, -0.15) is 0 Å². The highest BCUT2D eigenvalue weighted by atomic mass is 19.1. The fourth-order valence-electron chi connectivity index (χ4n) is 2.91. The Balaban J connectivity index is 2.05. The van der Waals surface area contributed by atoms with E-state index in [1.54, 1.807) is 6.33 Å². The molecule has 0 bridgehead atoms. The van der Waals surface area contributed by atoms with Gasteiger partial charge in [0.25, 0.3) is 0 Å². The van der Waals surface area contributed by atoms with Crippen molar-refractivity contribution in [2.24, 2.45) is 0 Å². The van der Waals surface area contributed by atoms with E-state index in [9.17, 15) is 4.39 Å². The van der Waals surface area contributed by atoms with Crippen LogP contribution in [0.1, 0.15) is 38.1 Å². The second-order valence-electron chi connectivity index (χ2n) is 5.18. The van der Waals surface area contributed by atoms with E-state index in [1.807, 2.05) is 4.57 Å². The highest BCUT2D eigenvalue weighted by molar-refractivity contribution is 6.59. The number of rotatable bonds is 2. The maximum atomic E-state index is 13.8. The van der Waals surface area contributed by atoms with Gasteiger partial charge in [-0.25, -0.2) is 9.37 Å². The second kappa shape index (κ2) is 4.94. The largest absolute Gasteiger partial charge is 0.491 e. The normalized spacial score (nSPS) is 17.0. The number of benzene rings is 1. The fourth-order valence-corrected chi connectivity index (χ4v) is 2.91. The molecule has 1 aromatic heterocycles. The molecule has 0 aliphatic heterocycles. The minimum Gasteiger partial charge on any atom is -0.423 e. The first kappa shape index (κ1) is 12.6. The molecule has 19 heavy (non-hydrogen) atoms. The van der Waals surface area contributed by atoms with Gasteiger partial charge in [0.1, 0.15) is 5.82 Å². The minimum absolute atomic E-state index is 0.124. The van der Waals surface area contributed by atoms with E-state index in [0.29, 0.717) is 11.6 Å². The molecule has 3 rings (SSSR count). The number of aromatic nitrogens is 2. The van der Waals surface area contributed by atoms with Gasteiger partial charge >= 0.3 is 7.12 Å². The molecule has 1 aliphatic rings. The van der Waals surface area contributed by atoms with Crippen molar-refractivity contribution in [3.63, 3.8) is 0 Å². The molecule has 100 valence electrons. The van der Waals surface area contributed by atoms with Crippen LogP contribution in [0.25, 0.3) is 11.0 Å². The Kier molecular flexibility index (Phi) is 3.28. The second-order valence-corrected chi connectivity index (χ2v) is 5.18. The Hall–Kier alpha value is -1.40. The Labute approximate surface area is 111 Å². The van der Waals surface area contributed by atoms with Crippen molar-refractivity contribution in [1.29, 1.82) is 0 Å². The fraction of sp³-hybridized carbons (Fsp3) is 0.462. The summed E-state index contributed by atoms with van der Waals surface area (Å²) in [6.07, 6.45) is 7.57. The van der Waals surface area contributed by atoms with Crippen molar-refractivity contribution in [2.45, 2.75) is 38.1 Å². The SMILES string of the molecule is OB(O)c1cc2ncn(C3CCCCC3)c2cc1F. The molecular weight excluding hydrogens is 246 g/mol. The molecule has 4 nitrogen and oxygen atoms in total. The van der Waals surface area contributed by atoms with Gasteiger partial charge in [0, 0.05) is 11.5 Å². The Morgan fingerprint density at radius 3 is 2.63 bits per heavy atom. The lowest BCUT2D eigenvalue weighted by molar-refractivity contribution is 0.359. The summed E-state index contributed by atoms with van der Waals surface area (Å²) in [6, 6.07) is 3.14. The molecule has 1 heterocycles. The monoisotopic (exact) mass is 262 g/mol. The molecule has 2 N–H and O–H groups in total. The Morgan fingerprint density at radius 2 is 1.95 bits per heavy atom. The first-order valence-electron chi connectivity index (χ1n) is 6.69. The molecule has 0 amide bonds. The zero-order chi connectivity index (χ0) is 13.4. The van der Waals surface area contributed by atoms with Gasteiger partial charge in [0.2, 0.25) is 0 Å². The predicted octanol–water partition coefficient (Wildman–Crippen LogP) is 1.36. The van der Waals surface area contributed by atoms with E-state index in [1.165, 1.54) is 31.4 Å². The van der Waals surface area contributed by atoms with Crippen molar-refractivity contribution in [1.82, 2.24) is 9.55 Å². The van der Waals surface area contributed by atoms with Crippen LogP contribution in [0.4, 0.5) is 4.39 Å². The van der Waals surface area contributed by atoms with Gasteiger partial charge in [-0.3, -0.25) is 0 Å². The Morgan fingerprint density at radius 1 is 1.21 bits per heavy atom. The highest BCUT2D eigenvalue weighted by Crippen LogP contribution is 2.30.